The predicted octanol–water partition coefficient (Wildman–Crippen LogP) is 1.25. The predicted molar refractivity (Wildman–Crippen MR) is 39.5 cm³/mol. The van der Waals surface area contributed by atoms with Gasteiger partial charge in [-0.3, -0.25) is 4.99 Å². The van der Waals surface area contributed by atoms with Gasteiger partial charge in [0.1, 0.15) is 0 Å². The SMILES string of the molecule is CCC1=CN=CCN1C. The molecule has 9 heavy (non-hydrogen) atoms. The third kappa shape index (κ3) is 1.31. The molecule has 0 N–H and O–H groups in total. The molecule has 0 bridgehead atoms. The van der Waals surface area contributed by atoms with Crippen molar-refractivity contribution in [1.82, 2.24) is 4.90 Å². The van der Waals surface area contributed by atoms with Gasteiger partial charge in [0.15, 0.2) is 0 Å². The smallest absolute Gasteiger partial charge is 0.0526 e. The largest absolute Gasteiger partial charge is 0.371 e. The van der Waals surface area contributed by atoms with Gasteiger partial charge in [-0.05, 0) is 6.42 Å². The highest BCUT2D eigenvalue weighted by Gasteiger charge is 2.01. The highest BCUT2D eigenvalue weighted by molar-refractivity contribution is 5.62. The van der Waals surface area contributed by atoms with Gasteiger partial charge < -0.3 is 4.90 Å². The minimum Gasteiger partial charge on any atom is -0.371 e. The van der Waals surface area contributed by atoms with E-state index < -0.39 is 0 Å². The molecular formula is C7H12N2. The summed E-state index contributed by atoms with van der Waals surface area (Å²) in [6.45, 7) is 3.10. The number of rotatable bonds is 1. The standard InChI is InChI=1S/C7H12N2/c1-3-7-6-8-4-5-9(7)2/h4,6H,3,5H2,1-2H3. The van der Waals surface area contributed by atoms with E-state index in [1.54, 1.807) is 0 Å². The zero-order chi connectivity index (χ0) is 6.69. The lowest BCUT2D eigenvalue weighted by Crippen LogP contribution is -2.21. The van der Waals surface area contributed by atoms with Gasteiger partial charge in [0.2, 0.25) is 0 Å². The molecule has 0 aromatic rings. The zero-order valence-corrected chi connectivity index (χ0v) is 5.96. The highest BCUT2D eigenvalue weighted by Crippen LogP contribution is 2.07. The van der Waals surface area contributed by atoms with Gasteiger partial charge in [-0.15, -0.1) is 0 Å². The average Bonchev–Trinajstić information content (AvgIpc) is 1.89. The summed E-state index contributed by atoms with van der Waals surface area (Å²) in [6.07, 6.45) is 4.91. The Bertz CT molecular complexity index is 147. The molecule has 0 fully saturated rings. The molecule has 0 aliphatic carbocycles. The summed E-state index contributed by atoms with van der Waals surface area (Å²) in [5, 5.41) is 0. The molecule has 1 heterocycles. The molecule has 50 valence electrons. The van der Waals surface area contributed by atoms with Crippen LogP contribution >= 0.6 is 0 Å². The van der Waals surface area contributed by atoms with Gasteiger partial charge >= 0.3 is 0 Å². The molecule has 0 aromatic heterocycles. The van der Waals surface area contributed by atoms with E-state index in [4.69, 9.17) is 0 Å². The molecule has 2 nitrogen and oxygen atoms in total. The highest BCUT2D eigenvalue weighted by atomic mass is 15.1. The van der Waals surface area contributed by atoms with Crippen LogP contribution in [0.1, 0.15) is 13.3 Å². The normalized spacial score (nSPS) is 18.0. The van der Waals surface area contributed by atoms with Crippen LogP contribution in [0.25, 0.3) is 0 Å². The summed E-state index contributed by atoms with van der Waals surface area (Å²) >= 11 is 0. The molecule has 0 radical (unpaired) electrons. The van der Waals surface area contributed by atoms with Crippen molar-refractivity contribution in [2.45, 2.75) is 13.3 Å². The van der Waals surface area contributed by atoms with Gasteiger partial charge in [-0.1, -0.05) is 6.92 Å². The van der Waals surface area contributed by atoms with E-state index in [0.29, 0.717) is 0 Å². The third-order valence-corrected chi connectivity index (χ3v) is 1.54. The first-order valence-electron chi connectivity index (χ1n) is 3.26. The van der Waals surface area contributed by atoms with Crippen molar-refractivity contribution in [3.63, 3.8) is 0 Å². The van der Waals surface area contributed by atoms with Crippen molar-refractivity contribution in [1.29, 1.82) is 0 Å². The maximum absolute atomic E-state index is 4.05. The van der Waals surface area contributed by atoms with E-state index in [-0.39, 0.29) is 0 Å². The number of hydrogen-bond donors (Lipinski definition) is 0. The number of aliphatic imine (C=N–C) groups is 1. The van der Waals surface area contributed by atoms with E-state index in [1.807, 2.05) is 12.4 Å². The van der Waals surface area contributed by atoms with E-state index >= 15 is 0 Å². The quantitative estimate of drug-likeness (QED) is 0.513. The van der Waals surface area contributed by atoms with Gasteiger partial charge in [0.25, 0.3) is 0 Å². The zero-order valence-electron chi connectivity index (χ0n) is 5.96. The lowest BCUT2D eigenvalue weighted by atomic mass is 10.3. The Morgan fingerprint density at radius 1 is 1.78 bits per heavy atom. The first-order chi connectivity index (χ1) is 4.34. The molecule has 0 atom stereocenters. The van der Waals surface area contributed by atoms with Crippen LogP contribution in [0.5, 0.6) is 0 Å². The molecule has 0 spiro atoms. The minimum atomic E-state index is 0.958. The van der Waals surface area contributed by atoms with Crippen LogP contribution in [0, 0.1) is 0 Å². The lowest BCUT2D eigenvalue weighted by Gasteiger charge is -2.21. The molecular weight excluding hydrogens is 112 g/mol. The Balaban J connectivity index is 2.63. The topological polar surface area (TPSA) is 15.6 Å². The molecule has 1 aliphatic rings. The summed E-state index contributed by atoms with van der Waals surface area (Å²) in [4.78, 5) is 6.25. The van der Waals surface area contributed by atoms with Crippen LogP contribution in [0.3, 0.4) is 0 Å². The third-order valence-electron chi connectivity index (χ3n) is 1.54. The first-order valence-corrected chi connectivity index (χ1v) is 3.26. The summed E-state index contributed by atoms with van der Waals surface area (Å²) in [5.74, 6) is 0. The number of nitrogens with zero attached hydrogens (tertiary/aromatic N) is 2. The minimum absolute atomic E-state index is 0.958. The second-order valence-corrected chi connectivity index (χ2v) is 2.19. The maximum Gasteiger partial charge on any atom is 0.0526 e. The number of hydrogen-bond acceptors (Lipinski definition) is 2. The van der Waals surface area contributed by atoms with Crippen LogP contribution in [0.2, 0.25) is 0 Å². The van der Waals surface area contributed by atoms with Crippen molar-refractivity contribution in [3.05, 3.63) is 11.9 Å². The summed E-state index contributed by atoms with van der Waals surface area (Å²) in [6, 6.07) is 0. The Hall–Kier alpha value is -0.790. The lowest BCUT2D eigenvalue weighted by molar-refractivity contribution is 0.458. The second-order valence-electron chi connectivity index (χ2n) is 2.19. The van der Waals surface area contributed by atoms with Gasteiger partial charge in [0, 0.05) is 25.2 Å². The fourth-order valence-electron chi connectivity index (χ4n) is 0.885. The molecule has 2 heteroatoms. The Kier molecular flexibility index (Phi) is 1.88. The molecule has 0 aromatic carbocycles. The summed E-state index contributed by atoms with van der Waals surface area (Å²) in [5.41, 5.74) is 1.32. The van der Waals surface area contributed by atoms with Gasteiger partial charge in [-0.2, -0.15) is 0 Å². The fourth-order valence-corrected chi connectivity index (χ4v) is 0.885. The van der Waals surface area contributed by atoms with Crippen molar-refractivity contribution in [2.75, 3.05) is 13.6 Å². The molecule has 0 amide bonds. The fraction of sp³-hybridized carbons (Fsp3) is 0.571. The van der Waals surface area contributed by atoms with E-state index in [1.165, 1.54) is 5.70 Å². The number of allylic oxidation sites excluding steroid dienone is 1. The summed E-state index contributed by atoms with van der Waals surface area (Å²) < 4.78 is 0. The van der Waals surface area contributed by atoms with Gasteiger partial charge in [-0.25, -0.2) is 0 Å². The molecule has 0 unspecified atom stereocenters. The maximum atomic E-state index is 4.05. The van der Waals surface area contributed by atoms with Crippen molar-refractivity contribution in [2.24, 2.45) is 4.99 Å². The van der Waals surface area contributed by atoms with Crippen LogP contribution in [-0.2, 0) is 0 Å². The van der Waals surface area contributed by atoms with Gasteiger partial charge in [0.05, 0.1) is 6.54 Å². The average molecular weight is 124 g/mol. The monoisotopic (exact) mass is 124 g/mol. The molecule has 1 rings (SSSR count). The van der Waals surface area contributed by atoms with E-state index in [9.17, 15) is 0 Å². The van der Waals surface area contributed by atoms with E-state index in [0.717, 1.165) is 13.0 Å². The Morgan fingerprint density at radius 2 is 2.56 bits per heavy atom. The molecule has 0 saturated heterocycles. The first kappa shape index (κ1) is 6.33. The van der Waals surface area contributed by atoms with E-state index in [2.05, 4.69) is 23.9 Å². The van der Waals surface area contributed by atoms with Crippen LogP contribution < -0.4 is 0 Å². The Labute approximate surface area is 55.9 Å². The van der Waals surface area contributed by atoms with Crippen molar-refractivity contribution < 1.29 is 0 Å². The van der Waals surface area contributed by atoms with Crippen LogP contribution in [0.15, 0.2) is 16.9 Å². The van der Waals surface area contributed by atoms with Crippen molar-refractivity contribution >= 4 is 6.21 Å². The summed E-state index contributed by atoms with van der Waals surface area (Å²) in [7, 11) is 2.08. The van der Waals surface area contributed by atoms with Crippen molar-refractivity contribution in [3.8, 4) is 0 Å². The molecule has 0 saturated carbocycles. The second kappa shape index (κ2) is 2.67. The van der Waals surface area contributed by atoms with Crippen LogP contribution in [-0.4, -0.2) is 24.7 Å². The Morgan fingerprint density at radius 3 is 3.00 bits per heavy atom. The molecule has 1 aliphatic heterocycles. The van der Waals surface area contributed by atoms with Crippen LogP contribution in [0.4, 0.5) is 0 Å².